The predicted molar refractivity (Wildman–Crippen MR) is 256 cm³/mol. The molecule has 0 saturated carbocycles. The van der Waals surface area contributed by atoms with Crippen molar-refractivity contribution in [2.45, 2.75) is 122 Å². The lowest BCUT2D eigenvalue weighted by Gasteiger charge is -2.31. The van der Waals surface area contributed by atoms with Crippen molar-refractivity contribution in [3.63, 3.8) is 0 Å². The fourth-order valence-electron chi connectivity index (χ4n) is 9.04. The lowest BCUT2D eigenvalue weighted by atomic mass is 9.86. The third-order valence-electron chi connectivity index (χ3n) is 13.4. The van der Waals surface area contributed by atoms with Gasteiger partial charge in [0.25, 0.3) is 0 Å². The highest BCUT2D eigenvalue weighted by Gasteiger charge is 2.34. The summed E-state index contributed by atoms with van der Waals surface area (Å²) in [5.41, 5.74) is 6.55. The second-order valence-electron chi connectivity index (χ2n) is 18.2. The SMILES string of the molecule is CC[C@H](C)[C@H](NC(=O)[C@@H](Cc1ccccc1)CC(O)C[C@H](Cc1ccccc1)C(=O)N[C@@H](C(=O)NCC1CCc2ccccc2N1)[C@@H](C)CC)C(=O)NCC1CCc2ccccc2N1. The van der Waals surface area contributed by atoms with Gasteiger partial charge in [-0.15, -0.1) is 0 Å². The highest BCUT2D eigenvalue weighted by molar-refractivity contribution is 5.90. The molecule has 9 atom stereocenters. The maximum Gasteiger partial charge on any atom is 0.242 e. The molecule has 0 aliphatic carbocycles. The second kappa shape index (κ2) is 23.8. The number of anilines is 2. The smallest absolute Gasteiger partial charge is 0.242 e. The monoisotopic (exact) mass is 871 g/mol. The van der Waals surface area contributed by atoms with Gasteiger partial charge in [-0.3, -0.25) is 19.2 Å². The molecule has 0 saturated heterocycles. The van der Waals surface area contributed by atoms with Gasteiger partial charge in [0.15, 0.2) is 0 Å². The summed E-state index contributed by atoms with van der Waals surface area (Å²) < 4.78 is 0. The van der Waals surface area contributed by atoms with Gasteiger partial charge < -0.3 is 37.0 Å². The number of fused-ring (bicyclic) bond motifs is 2. The standard InChI is InChI=1S/C53H70N6O5/c1-5-35(3)48(52(63)54-33-43-27-25-39-21-13-15-23-46(39)56-43)58-50(61)41(29-37-17-9-7-10-18-37)31-45(60)32-42(30-38-19-11-8-12-20-38)51(62)59-49(36(4)6-2)53(64)55-34-44-28-26-40-22-14-16-24-47(40)57-44/h7-24,35-36,41-45,48-49,56-57,60H,5-6,25-34H2,1-4H3,(H,54,63)(H,55,64)(H,58,61)(H,59,62)/t35-,36-,41-,42-,43?,44?,45?,48-,49+/m0/s1. The van der Waals surface area contributed by atoms with E-state index in [1.54, 1.807) is 0 Å². The molecule has 4 aromatic rings. The van der Waals surface area contributed by atoms with E-state index in [9.17, 15) is 24.3 Å². The average Bonchev–Trinajstić information content (AvgIpc) is 3.32. The maximum absolute atomic E-state index is 14.4. The first-order valence-electron chi connectivity index (χ1n) is 23.6. The van der Waals surface area contributed by atoms with Gasteiger partial charge in [-0.05, 0) is 97.6 Å². The first-order valence-corrected chi connectivity index (χ1v) is 23.6. The number of carbonyl (C=O) groups is 4. The molecule has 0 fully saturated rings. The Morgan fingerprint density at radius 1 is 0.562 bits per heavy atom. The summed E-state index contributed by atoms with van der Waals surface area (Å²) in [7, 11) is 0. The molecule has 342 valence electrons. The number of benzene rings is 4. The first-order chi connectivity index (χ1) is 31.0. The van der Waals surface area contributed by atoms with Gasteiger partial charge in [-0.25, -0.2) is 0 Å². The maximum atomic E-state index is 14.4. The highest BCUT2D eigenvalue weighted by atomic mass is 16.3. The van der Waals surface area contributed by atoms with Crippen LogP contribution in [0.2, 0.25) is 0 Å². The Bertz CT molecular complexity index is 1970. The molecule has 3 unspecified atom stereocenters. The molecule has 6 rings (SSSR count). The molecule has 11 heteroatoms. The summed E-state index contributed by atoms with van der Waals surface area (Å²) in [6, 6.07) is 34.4. The number of aryl methyl sites for hydroxylation is 2. The van der Waals surface area contributed by atoms with Crippen LogP contribution >= 0.6 is 0 Å². The number of para-hydroxylation sites is 2. The van der Waals surface area contributed by atoms with E-state index in [2.05, 4.69) is 56.2 Å². The summed E-state index contributed by atoms with van der Waals surface area (Å²) in [5, 5.41) is 31.4. The summed E-state index contributed by atoms with van der Waals surface area (Å²) in [5.74, 6) is -2.76. The van der Waals surface area contributed by atoms with Crippen molar-refractivity contribution < 1.29 is 24.3 Å². The Hall–Kier alpha value is -5.68. The summed E-state index contributed by atoms with van der Waals surface area (Å²) in [6.07, 6.45) is 4.78. The van der Waals surface area contributed by atoms with Crippen LogP contribution in [-0.2, 0) is 44.9 Å². The van der Waals surface area contributed by atoms with Crippen LogP contribution in [0.25, 0.3) is 0 Å². The van der Waals surface area contributed by atoms with Crippen LogP contribution in [0, 0.1) is 23.7 Å². The topological polar surface area (TPSA) is 161 Å². The van der Waals surface area contributed by atoms with E-state index in [-0.39, 0.29) is 60.4 Å². The van der Waals surface area contributed by atoms with Crippen molar-refractivity contribution in [2.24, 2.45) is 23.7 Å². The molecule has 4 amide bonds. The number of nitrogens with one attached hydrogen (secondary N) is 6. The third-order valence-corrected chi connectivity index (χ3v) is 13.4. The minimum absolute atomic E-state index is 0.0709. The zero-order chi connectivity index (χ0) is 45.4. The Balaban J connectivity index is 1.13. The largest absolute Gasteiger partial charge is 0.393 e. The van der Waals surface area contributed by atoms with Gasteiger partial charge in [-0.2, -0.15) is 0 Å². The van der Waals surface area contributed by atoms with Crippen LogP contribution in [0.1, 0.15) is 88.5 Å². The van der Waals surface area contributed by atoms with E-state index in [1.165, 1.54) is 11.1 Å². The average molecular weight is 871 g/mol. The van der Waals surface area contributed by atoms with Crippen LogP contribution in [0.15, 0.2) is 109 Å². The zero-order valence-electron chi connectivity index (χ0n) is 38.2. The quantitative estimate of drug-likeness (QED) is 0.0448. The summed E-state index contributed by atoms with van der Waals surface area (Å²) in [6.45, 7) is 8.79. The number of carbonyl (C=O) groups excluding carboxylic acids is 4. The van der Waals surface area contributed by atoms with Crippen LogP contribution in [0.3, 0.4) is 0 Å². The Labute approximate surface area is 380 Å². The molecular formula is C53H70N6O5. The van der Waals surface area contributed by atoms with Gasteiger partial charge in [0.05, 0.1) is 6.10 Å². The summed E-state index contributed by atoms with van der Waals surface area (Å²) >= 11 is 0. The lowest BCUT2D eigenvalue weighted by Crippen LogP contribution is -2.54. The molecule has 4 aromatic carbocycles. The third kappa shape index (κ3) is 13.7. The fraction of sp³-hybridized carbons (Fsp3) is 0.472. The van der Waals surface area contributed by atoms with Gasteiger partial charge in [0.2, 0.25) is 23.6 Å². The van der Waals surface area contributed by atoms with Crippen molar-refractivity contribution >= 4 is 35.0 Å². The van der Waals surface area contributed by atoms with Crippen molar-refractivity contribution in [1.82, 2.24) is 21.3 Å². The number of rotatable bonds is 22. The molecule has 0 radical (unpaired) electrons. The van der Waals surface area contributed by atoms with E-state index in [0.29, 0.717) is 38.8 Å². The Kier molecular flexibility index (Phi) is 17.8. The van der Waals surface area contributed by atoms with E-state index in [0.717, 1.165) is 48.2 Å². The predicted octanol–water partition coefficient (Wildman–Crippen LogP) is 6.99. The van der Waals surface area contributed by atoms with Crippen LogP contribution in [-0.4, -0.2) is 72.1 Å². The molecular weight excluding hydrogens is 801 g/mol. The van der Waals surface area contributed by atoms with Gasteiger partial charge in [0, 0.05) is 48.4 Å². The first kappa shape index (κ1) is 47.8. The van der Waals surface area contributed by atoms with Crippen LogP contribution in [0.4, 0.5) is 11.4 Å². The number of aliphatic hydroxyl groups is 1. The molecule has 7 N–H and O–H groups in total. The highest BCUT2D eigenvalue weighted by Crippen LogP contribution is 2.27. The van der Waals surface area contributed by atoms with Crippen LogP contribution < -0.4 is 31.9 Å². The summed E-state index contributed by atoms with van der Waals surface area (Å²) in [4.78, 5) is 56.5. The van der Waals surface area contributed by atoms with Gasteiger partial charge >= 0.3 is 0 Å². The molecule has 0 spiro atoms. The Morgan fingerprint density at radius 3 is 1.33 bits per heavy atom. The molecule has 64 heavy (non-hydrogen) atoms. The zero-order valence-corrected chi connectivity index (χ0v) is 38.2. The van der Waals surface area contributed by atoms with E-state index in [1.807, 2.05) is 113 Å². The molecule has 2 heterocycles. The van der Waals surface area contributed by atoms with Crippen molar-refractivity contribution in [2.75, 3.05) is 23.7 Å². The van der Waals surface area contributed by atoms with Crippen molar-refractivity contribution in [3.8, 4) is 0 Å². The van der Waals surface area contributed by atoms with Crippen molar-refractivity contribution in [3.05, 3.63) is 131 Å². The fourth-order valence-corrected chi connectivity index (χ4v) is 9.04. The minimum Gasteiger partial charge on any atom is -0.393 e. The number of amides is 4. The molecule has 2 aliphatic heterocycles. The molecule has 0 bridgehead atoms. The molecule has 0 aromatic heterocycles. The second-order valence-corrected chi connectivity index (χ2v) is 18.2. The van der Waals surface area contributed by atoms with E-state index < -0.39 is 30.0 Å². The van der Waals surface area contributed by atoms with Gasteiger partial charge in [-0.1, -0.05) is 138 Å². The normalized spacial score (nSPS) is 18.7. The number of aliphatic hydroxyl groups excluding tert-OH is 1. The molecule has 2 aliphatic rings. The Morgan fingerprint density at radius 2 is 0.938 bits per heavy atom. The van der Waals surface area contributed by atoms with Crippen LogP contribution in [0.5, 0.6) is 0 Å². The van der Waals surface area contributed by atoms with E-state index >= 15 is 0 Å². The van der Waals surface area contributed by atoms with E-state index in [4.69, 9.17) is 0 Å². The molecule has 11 nitrogen and oxygen atoms in total. The van der Waals surface area contributed by atoms with Crippen molar-refractivity contribution in [1.29, 1.82) is 0 Å². The lowest BCUT2D eigenvalue weighted by molar-refractivity contribution is -0.134. The number of hydrogen-bond acceptors (Lipinski definition) is 7. The number of hydrogen-bond donors (Lipinski definition) is 7. The van der Waals surface area contributed by atoms with Gasteiger partial charge in [0.1, 0.15) is 12.1 Å². The minimum atomic E-state index is -1.04.